The molecule has 0 aliphatic rings. The quantitative estimate of drug-likeness (QED) is 0.630. The van der Waals surface area contributed by atoms with Crippen molar-refractivity contribution < 1.29 is 4.39 Å². The molecule has 0 saturated heterocycles. The van der Waals surface area contributed by atoms with Gasteiger partial charge in [0, 0.05) is 23.9 Å². The average Bonchev–Trinajstić information content (AvgIpc) is 2.26. The van der Waals surface area contributed by atoms with Crippen molar-refractivity contribution >= 4 is 18.0 Å². The zero-order chi connectivity index (χ0) is 11.1. The maximum Gasteiger partial charge on any atom is 0.136 e. The molecule has 2 nitrogen and oxygen atoms in total. The van der Waals surface area contributed by atoms with Gasteiger partial charge in [0.05, 0.1) is 0 Å². The first-order chi connectivity index (χ1) is 7.27. The van der Waals surface area contributed by atoms with Crippen molar-refractivity contribution in [2.75, 3.05) is 12.8 Å². The molecule has 0 bridgehead atoms. The highest BCUT2D eigenvalue weighted by atomic mass is 32.2. The minimum atomic E-state index is -0.202. The van der Waals surface area contributed by atoms with Gasteiger partial charge in [-0.2, -0.15) is 0 Å². The number of rotatable bonds is 4. The van der Waals surface area contributed by atoms with E-state index in [0.29, 0.717) is 10.6 Å². The number of benzene rings is 1. The first-order valence-corrected chi connectivity index (χ1v) is 5.46. The molecule has 0 fully saturated rings. The summed E-state index contributed by atoms with van der Waals surface area (Å²) in [6, 6.07) is 6.68. The molecule has 0 radical (unpaired) electrons. The summed E-state index contributed by atoms with van der Waals surface area (Å²) in [6.07, 6.45) is 3.16. The third kappa shape index (κ3) is 3.75. The second-order valence-electron chi connectivity index (χ2n) is 2.85. The number of nitrogens with zero attached hydrogens (tertiary/aromatic N) is 1. The number of aliphatic imine (C=N–C) groups is 1. The van der Waals surface area contributed by atoms with Gasteiger partial charge in [-0.15, -0.1) is 11.8 Å². The molecule has 0 unspecified atom stereocenters. The molecule has 0 saturated carbocycles. The van der Waals surface area contributed by atoms with Crippen molar-refractivity contribution in [3.63, 3.8) is 0 Å². The van der Waals surface area contributed by atoms with Gasteiger partial charge in [-0.25, -0.2) is 4.39 Å². The molecule has 2 N–H and O–H groups in total. The maximum absolute atomic E-state index is 13.2. The maximum atomic E-state index is 13.2. The largest absolute Gasteiger partial charge is 0.404 e. The van der Waals surface area contributed by atoms with Crippen molar-refractivity contribution in [2.45, 2.75) is 4.90 Å². The fourth-order valence-electron chi connectivity index (χ4n) is 1.02. The average molecular weight is 224 g/mol. The first kappa shape index (κ1) is 11.8. The fourth-order valence-corrected chi connectivity index (χ4v) is 1.89. The van der Waals surface area contributed by atoms with Gasteiger partial charge in [-0.1, -0.05) is 12.1 Å². The van der Waals surface area contributed by atoms with E-state index in [2.05, 4.69) is 4.99 Å². The van der Waals surface area contributed by atoms with Crippen LogP contribution in [0.5, 0.6) is 0 Å². The molecule has 0 aliphatic heterocycles. The first-order valence-electron chi connectivity index (χ1n) is 4.48. The van der Waals surface area contributed by atoms with E-state index in [-0.39, 0.29) is 5.82 Å². The van der Waals surface area contributed by atoms with E-state index in [9.17, 15) is 4.39 Å². The van der Waals surface area contributed by atoms with Crippen LogP contribution in [0, 0.1) is 5.82 Å². The van der Waals surface area contributed by atoms with Crippen LogP contribution in [-0.4, -0.2) is 19.0 Å². The van der Waals surface area contributed by atoms with Gasteiger partial charge in [0.25, 0.3) is 0 Å². The van der Waals surface area contributed by atoms with Crippen molar-refractivity contribution in [1.29, 1.82) is 0 Å². The Kier molecular flexibility index (Phi) is 4.90. The molecule has 0 amide bonds. The lowest BCUT2D eigenvalue weighted by Gasteiger charge is -2.02. The third-order valence-electron chi connectivity index (χ3n) is 1.74. The van der Waals surface area contributed by atoms with E-state index >= 15 is 0 Å². The van der Waals surface area contributed by atoms with Crippen LogP contribution in [0.25, 0.3) is 0 Å². The monoisotopic (exact) mass is 224 g/mol. The standard InChI is InChI=1S/C11H13FN2S/c1-14-7-9(6-13)8-15-11-5-3-2-4-10(11)12/h2-7H,8,13H2,1H3/b9-6+,14-7?. The van der Waals surface area contributed by atoms with Gasteiger partial charge in [0.1, 0.15) is 5.82 Å². The molecule has 15 heavy (non-hydrogen) atoms. The zero-order valence-electron chi connectivity index (χ0n) is 8.48. The summed E-state index contributed by atoms with van der Waals surface area (Å²) in [5.74, 6) is 0.418. The second kappa shape index (κ2) is 6.24. The number of hydrogen-bond acceptors (Lipinski definition) is 3. The topological polar surface area (TPSA) is 38.4 Å². The van der Waals surface area contributed by atoms with E-state index in [1.165, 1.54) is 24.0 Å². The molecule has 80 valence electrons. The summed E-state index contributed by atoms with van der Waals surface area (Å²) in [5.41, 5.74) is 6.28. The molecule has 4 heteroatoms. The summed E-state index contributed by atoms with van der Waals surface area (Å²) in [7, 11) is 1.68. The van der Waals surface area contributed by atoms with Gasteiger partial charge < -0.3 is 5.73 Å². The van der Waals surface area contributed by atoms with E-state index < -0.39 is 0 Å². The highest BCUT2D eigenvalue weighted by molar-refractivity contribution is 7.99. The van der Waals surface area contributed by atoms with Crippen LogP contribution >= 0.6 is 11.8 Å². The summed E-state index contributed by atoms with van der Waals surface area (Å²) >= 11 is 1.41. The highest BCUT2D eigenvalue weighted by Crippen LogP contribution is 2.22. The lowest BCUT2D eigenvalue weighted by Crippen LogP contribution is -1.94. The summed E-state index contributed by atoms with van der Waals surface area (Å²) in [4.78, 5) is 4.49. The van der Waals surface area contributed by atoms with Crippen molar-refractivity contribution in [3.05, 3.63) is 41.9 Å². The van der Waals surface area contributed by atoms with Gasteiger partial charge in [-0.3, -0.25) is 4.99 Å². The Bertz CT molecular complexity index is 375. The molecular weight excluding hydrogens is 211 g/mol. The molecule has 0 aliphatic carbocycles. The number of nitrogens with two attached hydrogens (primary N) is 1. The second-order valence-corrected chi connectivity index (χ2v) is 3.87. The molecule has 0 aromatic heterocycles. The summed E-state index contributed by atoms with van der Waals surface area (Å²) in [6.45, 7) is 0. The zero-order valence-corrected chi connectivity index (χ0v) is 9.30. The Morgan fingerprint density at radius 3 is 2.87 bits per heavy atom. The normalized spacial score (nSPS) is 12.3. The number of hydrogen-bond donors (Lipinski definition) is 1. The number of thioether (sulfide) groups is 1. The molecule has 1 aromatic rings. The fraction of sp³-hybridized carbons (Fsp3) is 0.182. The molecule has 0 heterocycles. The van der Waals surface area contributed by atoms with Gasteiger partial charge in [0.2, 0.25) is 0 Å². The van der Waals surface area contributed by atoms with Crippen LogP contribution in [0.4, 0.5) is 4.39 Å². The van der Waals surface area contributed by atoms with E-state index in [1.807, 2.05) is 6.07 Å². The van der Waals surface area contributed by atoms with Crippen LogP contribution in [0.2, 0.25) is 0 Å². The Morgan fingerprint density at radius 1 is 1.53 bits per heavy atom. The smallest absolute Gasteiger partial charge is 0.136 e. The minimum absolute atomic E-state index is 0.202. The number of halogens is 1. The molecule has 1 aromatic carbocycles. The Hall–Kier alpha value is -1.29. The Balaban J connectivity index is 2.61. The Labute approximate surface area is 93.1 Å². The van der Waals surface area contributed by atoms with Crippen LogP contribution in [-0.2, 0) is 0 Å². The summed E-state index contributed by atoms with van der Waals surface area (Å²) in [5, 5.41) is 0. The summed E-state index contributed by atoms with van der Waals surface area (Å²) < 4.78 is 13.2. The molecular formula is C11H13FN2S. The van der Waals surface area contributed by atoms with E-state index in [4.69, 9.17) is 5.73 Å². The predicted octanol–water partition coefficient (Wildman–Crippen LogP) is 2.46. The van der Waals surface area contributed by atoms with Crippen molar-refractivity contribution in [3.8, 4) is 0 Å². The SMILES string of the molecule is CN=C/C(=C\N)CSc1ccccc1F. The highest BCUT2D eigenvalue weighted by Gasteiger charge is 2.01. The lowest BCUT2D eigenvalue weighted by molar-refractivity contribution is 0.602. The van der Waals surface area contributed by atoms with Crippen LogP contribution in [0.15, 0.2) is 45.9 Å². The lowest BCUT2D eigenvalue weighted by atomic mass is 10.3. The minimum Gasteiger partial charge on any atom is -0.404 e. The van der Waals surface area contributed by atoms with E-state index in [1.54, 1.807) is 25.4 Å². The third-order valence-corrected chi connectivity index (χ3v) is 2.86. The van der Waals surface area contributed by atoms with Gasteiger partial charge >= 0.3 is 0 Å². The van der Waals surface area contributed by atoms with Crippen LogP contribution < -0.4 is 5.73 Å². The van der Waals surface area contributed by atoms with Crippen LogP contribution in [0.3, 0.4) is 0 Å². The molecule has 0 spiro atoms. The molecule has 1 rings (SSSR count). The van der Waals surface area contributed by atoms with Crippen molar-refractivity contribution in [2.24, 2.45) is 10.7 Å². The van der Waals surface area contributed by atoms with Gasteiger partial charge in [-0.05, 0) is 23.9 Å². The van der Waals surface area contributed by atoms with E-state index in [0.717, 1.165) is 5.57 Å². The molecule has 0 atom stereocenters. The predicted molar refractivity (Wildman–Crippen MR) is 63.8 cm³/mol. The van der Waals surface area contributed by atoms with Crippen molar-refractivity contribution in [1.82, 2.24) is 0 Å². The van der Waals surface area contributed by atoms with Gasteiger partial charge in [0.15, 0.2) is 0 Å². The van der Waals surface area contributed by atoms with Crippen LogP contribution in [0.1, 0.15) is 0 Å². The Morgan fingerprint density at radius 2 is 2.27 bits per heavy atom.